The Hall–Kier alpha value is -8.08. The van der Waals surface area contributed by atoms with Crippen LogP contribution in [0.3, 0.4) is 0 Å². The summed E-state index contributed by atoms with van der Waals surface area (Å²) in [6.45, 7) is 11.5. The van der Waals surface area contributed by atoms with Gasteiger partial charge in [0, 0.05) is 41.5 Å². The Morgan fingerprint density at radius 2 is 0.812 bits per heavy atom. The van der Waals surface area contributed by atoms with Crippen molar-refractivity contribution in [2.24, 2.45) is 0 Å². The van der Waals surface area contributed by atoms with Gasteiger partial charge in [0.15, 0.2) is 43.3 Å². The van der Waals surface area contributed by atoms with Gasteiger partial charge in [-0.1, -0.05) is 66.7 Å². The second kappa shape index (κ2) is 28.2. The van der Waals surface area contributed by atoms with Gasteiger partial charge in [-0.25, -0.2) is 0 Å². The van der Waals surface area contributed by atoms with Gasteiger partial charge in [0.25, 0.3) is 23.6 Å². The fraction of sp³-hybridized carbons (Fsp3) is 0.458. The van der Waals surface area contributed by atoms with Crippen molar-refractivity contribution >= 4 is 59.4 Å². The zero-order valence-corrected chi connectivity index (χ0v) is 47.2. The Labute approximate surface area is 487 Å². The van der Waals surface area contributed by atoms with E-state index in [-0.39, 0.29) is 42.1 Å². The lowest BCUT2D eigenvalue weighted by Gasteiger charge is -2.52. The Balaban J connectivity index is 1.32. The van der Waals surface area contributed by atoms with E-state index in [2.05, 4.69) is 13.2 Å². The molecule has 3 aromatic rings. The maximum Gasteiger partial charge on any atom is 0.303 e. The van der Waals surface area contributed by atoms with Crippen molar-refractivity contribution in [3.63, 3.8) is 0 Å². The minimum absolute atomic E-state index is 0.0650. The van der Waals surface area contributed by atoms with E-state index in [1.54, 1.807) is 30.3 Å². The standard InChI is InChI=1S/C59H64N2O24/c1-9-24-72-27-41-48(84-57-44(60-53(68)37-20-14-15-21-38(37)54(60)69)49(79-34(7)66)46(77-32(5)64)42(81-57)28-74-30(3)62)51(73-25-10-2)52(59(83-41)76-26-36-18-12-11-13-19-36)85-58-45(61-55(70)39-22-16-17-23-40(39)56(61)71)50(80-35(8)67)47(78-33(6)65)43(82-58)29-75-31(4)63/h9-23,41-52,57-59H,1-2,24-29H2,3-8H3/t41-,42-,43-,44-,45-,46-,47-,48-,49-,50-,51+,52+,57+,58+,59+/m1/s1. The fourth-order valence-corrected chi connectivity index (χ4v) is 10.6. The smallest absolute Gasteiger partial charge is 0.303 e. The van der Waals surface area contributed by atoms with Gasteiger partial charge in [-0.15, -0.1) is 13.2 Å². The van der Waals surface area contributed by atoms with Crippen molar-refractivity contribution in [2.45, 2.75) is 140 Å². The van der Waals surface area contributed by atoms with Gasteiger partial charge in [-0.2, -0.15) is 0 Å². The lowest BCUT2D eigenvalue weighted by atomic mass is 9.93. The molecule has 454 valence electrons. The first-order valence-corrected chi connectivity index (χ1v) is 27.0. The van der Waals surface area contributed by atoms with E-state index in [0.717, 1.165) is 51.3 Å². The fourth-order valence-electron chi connectivity index (χ4n) is 10.6. The molecule has 15 atom stereocenters. The van der Waals surface area contributed by atoms with Crippen molar-refractivity contribution in [1.82, 2.24) is 9.80 Å². The second-order valence-corrected chi connectivity index (χ2v) is 20.0. The van der Waals surface area contributed by atoms with E-state index in [9.17, 15) is 47.9 Å². The second-order valence-electron chi connectivity index (χ2n) is 20.0. The summed E-state index contributed by atoms with van der Waals surface area (Å²) in [6, 6.07) is 16.6. The Kier molecular flexibility index (Phi) is 20.9. The number of nitrogens with zero attached hydrogens (tertiary/aromatic N) is 2. The summed E-state index contributed by atoms with van der Waals surface area (Å²) < 4.78 is 87.5. The average Bonchev–Trinajstić information content (AvgIpc) is 1.86. The molecular weight excluding hydrogens is 1120 g/mol. The molecule has 26 heteroatoms. The van der Waals surface area contributed by atoms with Crippen LogP contribution in [0.4, 0.5) is 0 Å². The number of hydrogen-bond acceptors (Lipinski definition) is 24. The van der Waals surface area contributed by atoms with Crippen molar-refractivity contribution in [3.8, 4) is 0 Å². The summed E-state index contributed by atoms with van der Waals surface area (Å²) >= 11 is 0. The van der Waals surface area contributed by atoms with Gasteiger partial charge >= 0.3 is 35.8 Å². The Bertz CT molecular complexity index is 2950. The number of rotatable bonds is 24. The van der Waals surface area contributed by atoms with Gasteiger partial charge in [0.1, 0.15) is 61.9 Å². The first-order valence-electron chi connectivity index (χ1n) is 27.0. The summed E-state index contributed by atoms with van der Waals surface area (Å²) in [5.74, 6) is -9.13. The number of imide groups is 2. The van der Waals surface area contributed by atoms with Crippen LogP contribution in [0.2, 0.25) is 0 Å². The first kappa shape index (κ1) is 63.0. The molecule has 4 amide bonds. The number of hydrogen-bond donors (Lipinski definition) is 0. The quantitative estimate of drug-likeness (QED) is 0.0409. The molecular formula is C59H64N2O24. The molecule has 0 bridgehead atoms. The lowest BCUT2D eigenvalue weighted by molar-refractivity contribution is -0.383. The summed E-state index contributed by atoms with van der Waals surface area (Å²) in [7, 11) is 0. The molecule has 0 unspecified atom stereocenters. The molecule has 8 rings (SSSR count). The topological polar surface area (TPSA) is 306 Å². The van der Waals surface area contributed by atoms with Crippen molar-refractivity contribution in [3.05, 3.63) is 132 Å². The highest BCUT2D eigenvalue weighted by molar-refractivity contribution is 6.22. The van der Waals surface area contributed by atoms with Crippen LogP contribution in [-0.4, -0.2) is 194 Å². The molecule has 3 saturated heterocycles. The number of carbonyl (C=O) groups excluding carboxylic acids is 10. The SMILES string of the molecule is C=CCOC[C@H]1O[C@H](OCc2ccccc2)[C@@H](O[C@@H]2O[C@H](COC(C)=O)[C@@H](OC(C)=O)[C@H](OC(C)=O)[C@H]2N2C(=O)c3ccccc3C2=O)[C@@H](OCC=C)[C@@H]1O[C@@H]1O[C@H](COC(C)=O)[C@@H](OC(C)=O)[C@H](OC(C)=O)[C@H]1N1C(=O)c2ccccc2C1=O. The molecule has 0 saturated carbocycles. The van der Waals surface area contributed by atoms with E-state index in [1.807, 2.05) is 0 Å². The van der Waals surface area contributed by atoms with E-state index in [1.165, 1.54) is 60.7 Å². The van der Waals surface area contributed by atoms with Crippen LogP contribution in [0.5, 0.6) is 0 Å². The monoisotopic (exact) mass is 1180 g/mol. The third-order valence-electron chi connectivity index (χ3n) is 13.9. The van der Waals surface area contributed by atoms with Crippen LogP contribution in [0.1, 0.15) is 88.5 Å². The summed E-state index contributed by atoms with van der Waals surface area (Å²) in [6.07, 6.45) is -19.6. The van der Waals surface area contributed by atoms with Crippen molar-refractivity contribution < 1.29 is 114 Å². The summed E-state index contributed by atoms with van der Waals surface area (Å²) in [5, 5.41) is 0. The number of fused-ring (bicyclic) bond motifs is 2. The maximum atomic E-state index is 14.7. The predicted octanol–water partition coefficient (Wildman–Crippen LogP) is 3.10. The van der Waals surface area contributed by atoms with Gasteiger partial charge in [-0.3, -0.25) is 57.7 Å². The van der Waals surface area contributed by atoms with E-state index in [0.29, 0.717) is 5.56 Å². The van der Waals surface area contributed by atoms with Gasteiger partial charge in [0.05, 0.1) is 48.7 Å². The van der Waals surface area contributed by atoms with Gasteiger partial charge in [-0.05, 0) is 29.8 Å². The van der Waals surface area contributed by atoms with E-state index in [4.69, 9.17) is 66.3 Å². The molecule has 85 heavy (non-hydrogen) atoms. The highest BCUT2D eigenvalue weighted by atomic mass is 16.8. The minimum atomic E-state index is -2.03. The molecule has 26 nitrogen and oxygen atoms in total. The molecule has 5 aliphatic rings. The molecule has 0 spiro atoms. The molecule has 5 aliphatic heterocycles. The molecule has 0 aromatic heterocycles. The van der Waals surface area contributed by atoms with E-state index < -0.39 is 171 Å². The highest BCUT2D eigenvalue weighted by Crippen LogP contribution is 2.42. The zero-order valence-electron chi connectivity index (χ0n) is 47.2. The van der Waals surface area contributed by atoms with Crippen molar-refractivity contribution in [1.29, 1.82) is 0 Å². The van der Waals surface area contributed by atoms with Crippen LogP contribution < -0.4 is 0 Å². The van der Waals surface area contributed by atoms with Crippen LogP contribution in [0.25, 0.3) is 0 Å². The van der Waals surface area contributed by atoms with Crippen LogP contribution >= 0.6 is 0 Å². The lowest BCUT2D eigenvalue weighted by Crippen LogP contribution is -2.71. The number of ether oxygens (including phenoxy) is 14. The van der Waals surface area contributed by atoms with Crippen molar-refractivity contribution in [2.75, 3.05) is 33.0 Å². The molecule has 3 fully saturated rings. The van der Waals surface area contributed by atoms with E-state index >= 15 is 0 Å². The average molecular weight is 1190 g/mol. The number of carbonyl (C=O) groups is 10. The Morgan fingerprint density at radius 3 is 1.21 bits per heavy atom. The summed E-state index contributed by atoms with van der Waals surface area (Å²) in [5.41, 5.74) is 0.348. The molecule has 5 heterocycles. The van der Waals surface area contributed by atoms with Crippen LogP contribution in [0.15, 0.2) is 104 Å². The Morgan fingerprint density at radius 1 is 0.435 bits per heavy atom. The third-order valence-corrected chi connectivity index (χ3v) is 13.9. The van der Waals surface area contributed by atoms with Gasteiger partial charge in [0.2, 0.25) is 0 Å². The normalized spacial score (nSPS) is 28.8. The maximum absolute atomic E-state index is 14.7. The molecule has 0 N–H and O–H groups in total. The zero-order chi connectivity index (χ0) is 61.2. The highest BCUT2D eigenvalue weighted by Gasteiger charge is 2.62. The third kappa shape index (κ3) is 14.4. The summed E-state index contributed by atoms with van der Waals surface area (Å²) in [4.78, 5) is 138. The number of amides is 4. The molecule has 3 aromatic carbocycles. The predicted molar refractivity (Wildman–Crippen MR) is 285 cm³/mol. The van der Waals surface area contributed by atoms with Gasteiger partial charge < -0.3 is 66.3 Å². The minimum Gasteiger partial charge on any atom is -0.463 e. The molecule has 0 radical (unpaired) electrons. The number of esters is 6. The van der Waals surface area contributed by atoms with Crippen LogP contribution in [0, 0.1) is 0 Å². The first-order chi connectivity index (χ1) is 40.7. The number of benzene rings is 3. The van der Waals surface area contributed by atoms with Crippen LogP contribution in [-0.2, 0) is 102 Å². The largest absolute Gasteiger partial charge is 0.463 e. The molecule has 0 aliphatic carbocycles.